The molecule has 3 fully saturated rings. The number of anilines is 1. The van der Waals surface area contributed by atoms with Crippen LogP contribution in [0.1, 0.15) is 49.3 Å². The first kappa shape index (κ1) is 19.4. The molecule has 0 aliphatic carbocycles. The molecule has 2 aromatic rings. The molecule has 4 heterocycles. The number of rotatable bonds is 3. The summed E-state index contributed by atoms with van der Waals surface area (Å²) in [5.74, 6) is -0.724. The SMILES string of the molecule is O=C1N2[C@@H](CC[C@H]2c2ccccc2)OC12CCN(c1ncc(F)cc1C(F)F)CC2. The number of amides is 1. The number of carbonyl (C=O) groups is 1. The highest BCUT2D eigenvalue weighted by Gasteiger charge is 2.58. The van der Waals surface area contributed by atoms with E-state index in [0.717, 1.165) is 30.7 Å². The Morgan fingerprint density at radius 1 is 1.13 bits per heavy atom. The van der Waals surface area contributed by atoms with Crippen molar-refractivity contribution in [2.24, 2.45) is 0 Å². The number of ether oxygens (including phenoxy) is 1. The number of piperidine rings is 1. The number of alkyl halides is 2. The number of benzene rings is 1. The van der Waals surface area contributed by atoms with Crippen LogP contribution >= 0.6 is 0 Å². The van der Waals surface area contributed by atoms with Crippen molar-refractivity contribution < 1.29 is 22.7 Å². The molecule has 8 heteroatoms. The van der Waals surface area contributed by atoms with Crippen molar-refractivity contribution >= 4 is 11.7 Å². The van der Waals surface area contributed by atoms with E-state index in [4.69, 9.17) is 4.74 Å². The second kappa shape index (κ2) is 7.27. The first-order valence-electron chi connectivity index (χ1n) is 10.2. The van der Waals surface area contributed by atoms with Gasteiger partial charge in [0.2, 0.25) is 0 Å². The predicted octanol–water partition coefficient (Wildman–Crippen LogP) is 4.22. The predicted molar refractivity (Wildman–Crippen MR) is 103 cm³/mol. The maximum absolute atomic E-state index is 13.4. The van der Waals surface area contributed by atoms with Gasteiger partial charge in [0, 0.05) is 25.9 Å². The zero-order valence-corrected chi connectivity index (χ0v) is 16.3. The van der Waals surface area contributed by atoms with E-state index in [-0.39, 0.29) is 24.0 Å². The Bertz CT molecular complexity index is 948. The highest BCUT2D eigenvalue weighted by atomic mass is 19.3. The van der Waals surface area contributed by atoms with Crippen molar-refractivity contribution in [3.8, 4) is 0 Å². The number of pyridine rings is 1. The number of carbonyl (C=O) groups excluding carboxylic acids is 1. The molecule has 3 aliphatic rings. The summed E-state index contributed by atoms with van der Waals surface area (Å²) in [6, 6.07) is 10.8. The summed E-state index contributed by atoms with van der Waals surface area (Å²) >= 11 is 0. The number of hydrogen-bond acceptors (Lipinski definition) is 4. The van der Waals surface area contributed by atoms with E-state index in [2.05, 4.69) is 4.98 Å². The van der Waals surface area contributed by atoms with E-state index in [1.54, 1.807) is 4.90 Å². The van der Waals surface area contributed by atoms with Crippen LogP contribution in [0.3, 0.4) is 0 Å². The Balaban J connectivity index is 1.34. The number of fused-ring (bicyclic) bond motifs is 1. The van der Waals surface area contributed by atoms with Gasteiger partial charge >= 0.3 is 0 Å². The third-order valence-corrected chi connectivity index (χ3v) is 6.47. The first-order chi connectivity index (χ1) is 14.5. The minimum Gasteiger partial charge on any atom is -0.356 e. The molecule has 3 saturated heterocycles. The number of hydrogen-bond donors (Lipinski definition) is 0. The first-order valence-corrected chi connectivity index (χ1v) is 10.2. The molecule has 0 saturated carbocycles. The van der Waals surface area contributed by atoms with Crippen LogP contribution in [0.2, 0.25) is 0 Å². The molecule has 0 unspecified atom stereocenters. The summed E-state index contributed by atoms with van der Waals surface area (Å²) in [4.78, 5) is 20.9. The van der Waals surface area contributed by atoms with Crippen molar-refractivity contribution in [2.45, 2.75) is 50.0 Å². The summed E-state index contributed by atoms with van der Waals surface area (Å²) in [7, 11) is 0. The quantitative estimate of drug-likeness (QED) is 0.750. The lowest BCUT2D eigenvalue weighted by molar-refractivity contribution is -0.140. The molecule has 158 valence electrons. The lowest BCUT2D eigenvalue weighted by atomic mass is 9.89. The average molecular weight is 417 g/mol. The summed E-state index contributed by atoms with van der Waals surface area (Å²) in [5.41, 5.74) is -0.238. The fourth-order valence-corrected chi connectivity index (χ4v) is 5.00. The van der Waals surface area contributed by atoms with Gasteiger partial charge in [-0.2, -0.15) is 0 Å². The van der Waals surface area contributed by atoms with Crippen molar-refractivity contribution in [2.75, 3.05) is 18.0 Å². The summed E-state index contributed by atoms with van der Waals surface area (Å²) in [6.07, 6.45) is 0.314. The van der Waals surface area contributed by atoms with Crippen LogP contribution in [0, 0.1) is 5.82 Å². The minimum absolute atomic E-state index is 0.00491. The highest BCUT2D eigenvalue weighted by molar-refractivity contribution is 5.88. The second-order valence-electron chi connectivity index (χ2n) is 8.14. The Hall–Kier alpha value is -2.61. The van der Waals surface area contributed by atoms with Gasteiger partial charge < -0.3 is 14.5 Å². The molecule has 30 heavy (non-hydrogen) atoms. The molecule has 5 nitrogen and oxygen atoms in total. The van der Waals surface area contributed by atoms with Crippen LogP contribution in [0.4, 0.5) is 19.0 Å². The zero-order valence-electron chi connectivity index (χ0n) is 16.3. The van der Waals surface area contributed by atoms with E-state index in [0.29, 0.717) is 25.9 Å². The normalized spacial score (nSPS) is 25.4. The summed E-state index contributed by atoms with van der Waals surface area (Å²) in [6.45, 7) is 0.696. The fourth-order valence-electron chi connectivity index (χ4n) is 5.00. The van der Waals surface area contributed by atoms with Crippen LogP contribution < -0.4 is 4.90 Å². The van der Waals surface area contributed by atoms with Crippen LogP contribution in [0.5, 0.6) is 0 Å². The number of halogens is 3. The van der Waals surface area contributed by atoms with Gasteiger partial charge in [-0.3, -0.25) is 4.79 Å². The van der Waals surface area contributed by atoms with Gasteiger partial charge in [0.25, 0.3) is 12.3 Å². The van der Waals surface area contributed by atoms with E-state index in [9.17, 15) is 18.0 Å². The third-order valence-electron chi connectivity index (χ3n) is 6.47. The molecule has 1 amide bonds. The van der Waals surface area contributed by atoms with E-state index in [1.165, 1.54) is 0 Å². The highest BCUT2D eigenvalue weighted by Crippen LogP contribution is 2.48. The van der Waals surface area contributed by atoms with Gasteiger partial charge in [-0.1, -0.05) is 30.3 Å². The molecular formula is C22H22F3N3O2. The van der Waals surface area contributed by atoms with E-state index < -0.39 is 23.4 Å². The standard InChI is InChI=1S/C22H22F3N3O2/c23-15-12-16(19(24)25)20(26-13-15)27-10-8-22(9-11-27)21(29)28-17(6-7-18(28)30-22)14-4-2-1-3-5-14/h1-5,12-13,17-19H,6-11H2/t17-,18+/m0/s1. The average Bonchev–Trinajstić information content (AvgIpc) is 3.28. The topological polar surface area (TPSA) is 45.7 Å². The number of aromatic nitrogens is 1. The van der Waals surface area contributed by atoms with Gasteiger partial charge in [0.1, 0.15) is 17.9 Å². The largest absolute Gasteiger partial charge is 0.356 e. The third kappa shape index (κ3) is 3.05. The molecule has 3 aliphatic heterocycles. The lowest BCUT2D eigenvalue weighted by Crippen LogP contribution is -2.50. The molecule has 5 rings (SSSR count). The maximum atomic E-state index is 13.4. The minimum atomic E-state index is -2.82. The molecule has 0 N–H and O–H groups in total. The van der Waals surface area contributed by atoms with E-state index in [1.807, 2.05) is 35.2 Å². The van der Waals surface area contributed by atoms with Crippen molar-refractivity contribution in [1.82, 2.24) is 9.88 Å². The fraction of sp³-hybridized carbons (Fsp3) is 0.455. The summed E-state index contributed by atoms with van der Waals surface area (Å²) in [5, 5.41) is 0. The van der Waals surface area contributed by atoms with Crippen molar-refractivity contribution in [1.29, 1.82) is 0 Å². The van der Waals surface area contributed by atoms with Crippen LogP contribution in [-0.4, -0.2) is 40.7 Å². The smallest absolute Gasteiger partial charge is 0.267 e. The van der Waals surface area contributed by atoms with Crippen LogP contribution in [-0.2, 0) is 9.53 Å². The van der Waals surface area contributed by atoms with Gasteiger partial charge in [-0.15, -0.1) is 0 Å². The van der Waals surface area contributed by atoms with Crippen LogP contribution in [0.15, 0.2) is 42.6 Å². The molecule has 0 bridgehead atoms. The van der Waals surface area contributed by atoms with Crippen molar-refractivity contribution in [3.63, 3.8) is 0 Å². The summed E-state index contributed by atoms with van der Waals surface area (Å²) < 4.78 is 46.4. The molecule has 2 atom stereocenters. The molecule has 1 aromatic carbocycles. The maximum Gasteiger partial charge on any atom is 0.267 e. The Labute approximate surface area is 172 Å². The monoisotopic (exact) mass is 417 g/mol. The van der Waals surface area contributed by atoms with Gasteiger partial charge in [-0.05, 0) is 24.5 Å². The Morgan fingerprint density at radius 2 is 1.87 bits per heavy atom. The Morgan fingerprint density at radius 3 is 2.57 bits per heavy atom. The van der Waals surface area contributed by atoms with Gasteiger partial charge in [0.15, 0.2) is 5.60 Å². The lowest BCUT2D eigenvalue weighted by Gasteiger charge is -2.38. The molecular weight excluding hydrogens is 395 g/mol. The molecule has 1 aromatic heterocycles. The number of nitrogens with zero attached hydrogens (tertiary/aromatic N) is 3. The van der Waals surface area contributed by atoms with Crippen LogP contribution in [0.25, 0.3) is 0 Å². The molecule has 1 spiro atoms. The van der Waals surface area contributed by atoms with Gasteiger partial charge in [-0.25, -0.2) is 18.2 Å². The van der Waals surface area contributed by atoms with Gasteiger partial charge in [0.05, 0.1) is 17.8 Å². The van der Waals surface area contributed by atoms with Crippen molar-refractivity contribution in [3.05, 3.63) is 59.5 Å². The molecule has 0 radical (unpaired) electrons. The Kier molecular flexibility index (Phi) is 4.69. The zero-order chi connectivity index (χ0) is 20.9. The second-order valence-corrected chi connectivity index (χ2v) is 8.14. The van der Waals surface area contributed by atoms with E-state index >= 15 is 0 Å².